The van der Waals surface area contributed by atoms with Gasteiger partial charge < -0.3 is 10.1 Å². The van der Waals surface area contributed by atoms with E-state index in [1.165, 1.54) is 22.6 Å². The van der Waals surface area contributed by atoms with Crippen molar-refractivity contribution in [3.05, 3.63) is 83.2 Å². The minimum atomic E-state index is -0.610. The van der Waals surface area contributed by atoms with Crippen LogP contribution in [0.4, 0.5) is 5.82 Å². The summed E-state index contributed by atoms with van der Waals surface area (Å²) < 4.78 is 8.29. The highest BCUT2D eigenvalue weighted by atomic mass is 16.5. The van der Waals surface area contributed by atoms with Gasteiger partial charge in [0.15, 0.2) is 6.61 Å². The van der Waals surface area contributed by atoms with E-state index in [4.69, 9.17) is 9.84 Å². The van der Waals surface area contributed by atoms with Gasteiger partial charge in [-0.2, -0.15) is 10.2 Å². The van der Waals surface area contributed by atoms with Crippen molar-refractivity contribution in [3.8, 4) is 16.9 Å². The van der Waals surface area contributed by atoms with E-state index in [9.17, 15) is 9.59 Å². The lowest BCUT2D eigenvalue weighted by molar-refractivity contribution is -0.119. The van der Waals surface area contributed by atoms with E-state index in [2.05, 4.69) is 36.4 Å². The number of amides is 1. The molecule has 8 heteroatoms. The summed E-state index contributed by atoms with van der Waals surface area (Å²) in [6.45, 7) is 5.75. The van der Waals surface area contributed by atoms with Crippen molar-refractivity contribution in [2.45, 2.75) is 20.8 Å². The number of ether oxygens (including phenoxy) is 1. The molecule has 0 radical (unpaired) electrons. The SMILES string of the molecule is Cc1cc(C)c(-c2cc(NC(=O)COC(=O)c3cnn(C)c3)n(-c3ccccc3)n2)cc1C. The van der Waals surface area contributed by atoms with E-state index in [1.54, 1.807) is 11.7 Å². The number of esters is 1. The molecule has 0 saturated heterocycles. The van der Waals surface area contributed by atoms with Crippen molar-refractivity contribution in [1.29, 1.82) is 0 Å². The Labute approximate surface area is 191 Å². The number of carbonyl (C=O) groups excluding carboxylic acids is 2. The van der Waals surface area contributed by atoms with Crippen molar-refractivity contribution in [2.24, 2.45) is 7.05 Å². The predicted molar refractivity (Wildman–Crippen MR) is 125 cm³/mol. The lowest BCUT2D eigenvalue weighted by Crippen LogP contribution is -2.22. The fraction of sp³-hybridized carbons (Fsp3) is 0.200. The van der Waals surface area contributed by atoms with Gasteiger partial charge >= 0.3 is 5.97 Å². The van der Waals surface area contributed by atoms with Crippen molar-refractivity contribution < 1.29 is 14.3 Å². The molecular weight excluding hydrogens is 418 g/mol. The third-order valence-electron chi connectivity index (χ3n) is 5.37. The molecule has 2 aromatic heterocycles. The predicted octanol–water partition coefficient (Wildman–Crippen LogP) is 3.99. The van der Waals surface area contributed by atoms with Crippen LogP contribution in [0.2, 0.25) is 0 Å². The first kappa shape index (κ1) is 22.0. The van der Waals surface area contributed by atoms with Gasteiger partial charge in [0, 0.05) is 24.9 Å². The molecule has 0 aliphatic carbocycles. The largest absolute Gasteiger partial charge is 0.452 e. The third-order valence-corrected chi connectivity index (χ3v) is 5.37. The molecular formula is C25H25N5O3. The number of para-hydroxylation sites is 1. The molecule has 0 saturated carbocycles. The Morgan fingerprint density at radius 2 is 1.73 bits per heavy atom. The topological polar surface area (TPSA) is 91.0 Å². The smallest absolute Gasteiger partial charge is 0.341 e. The summed E-state index contributed by atoms with van der Waals surface area (Å²) in [5.74, 6) is -0.592. The van der Waals surface area contributed by atoms with Gasteiger partial charge in [0.05, 0.1) is 23.1 Å². The number of aromatic nitrogens is 4. The van der Waals surface area contributed by atoms with Gasteiger partial charge in [-0.3, -0.25) is 9.48 Å². The Morgan fingerprint density at radius 1 is 1.00 bits per heavy atom. The van der Waals surface area contributed by atoms with Crippen LogP contribution < -0.4 is 5.32 Å². The Morgan fingerprint density at radius 3 is 2.42 bits per heavy atom. The van der Waals surface area contributed by atoms with Crippen LogP contribution in [-0.2, 0) is 16.6 Å². The molecule has 4 aromatic rings. The van der Waals surface area contributed by atoms with Gasteiger partial charge in [0.2, 0.25) is 0 Å². The number of anilines is 1. The molecule has 0 aliphatic heterocycles. The summed E-state index contributed by atoms with van der Waals surface area (Å²) in [6, 6.07) is 15.6. The van der Waals surface area contributed by atoms with Crippen molar-refractivity contribution in [1.82, 2.24) is 19.6 Å². The average molecular weight is 444 g/mol. The maximum absolute atomic E-state index is 12.6. The van der Waals surface area contributed by atoms with E-state index < -0.39 is 18.5 Å². The highest BCUT2D eigenvalue weighted by molar-refractivity contribution is 5.95. The van der Waals surface area contributed by atoms with E-state index in [0.29, 0.717) is 5.82 Å². The van der Waals surface area contributed by atoms with Crippen LogP contribution in [-0.4, -0.2) is 38.0 Å². The summed E-state index contributed by atoms with van der Waals surface area (Å²) in [5, 5.41) is 11.5. The van der Waals surface area contributed by atoms with Crippen LogP contribution in [0.25, 0.3) is 16.9 Å². The van der Waals surface area contributed by atoms with Crippen LogP contribution in [0.15, 0.2) is 60.9 Å². The summed E-state index contributed by atoms with van der Waals surface area (Å²) in [7, 11) is 1.70. The van der Waals surface area contributed by atoms with Crippen LogP contribution in [0, 0.1) is 20.8 Å². The number of hydrogen-bond donors (Lipinski definition) is 1. The zero-order valence-corrected chi connectivity index (χ0v) is 19.0. The Hall–Kier alpha value is -4.20. The molecule has 2 heterocycles. The molecule has 8 nitrogen and oxygen atoms in total. The molecule has 0 spiro atoms. The number of benzene rings is 2. The molecule has 0 atom stereocenters. The number of hydrogen-bond acceptors (Lipinski definition) is 5. The van der Waals surface area contributed by atoms with Crippen LogP contribution in [0.3, 0.4) is 0 Å². The molecule has 0 fully saturated rings. The standard InChI is InChI=1S/C25H25N5O3/c1-16-10-18(3)21(11-17(16)2)22-12-23(30(28-22)20-8-6-5-7-9-20)27-24(31)15-33-25(32)19-13-26-29(4)14-19/h5-14H,15H2,1-4H3,(H,27,31). The second kappa shape index (κ2) is 9.12. The van der Waals surface area contributed by atoms with Gasteiger partial charge in [-0.25, -0.2) is 9.48 Å². The monoisotopic (exact) mass is 443 g/mol. The van der Waals surface area contributed by atoms with Gasteiger partial charge in [0.1, 0.15) is 5.82 Å². The maximum Gasteiger partial charge on any atom is 0.341 e. The Bertz CT molecular complexity index is 1320. The molecule has 0 bridgehead atoms. The molecule has 4 rings (SSSR count). The molecule has 2 aromatic carbocycles. The fourth-order valence-electron chi connectivity index (χ4n) is 3.52. The maximum atomic E-state index is 12.6. The van der Waals surface area contributed by atoms with Crippen LogP contribution in [0.5, 0.6) is 0 Å². The molecule has 33 heavy (non-hydrogen) atoms. The summed E-state index contributed by atoms with van der Waals surface area (Å²) >= 11 is 0. The van der Waals surface area contributed by atoms with Gasteiger partial charge in [-0.15, -0.1) is 0 Å². The van der Waals surface area contributed by atoms with E-state index >= 15 is 0 Å². The molecule has 0 aliphatic rings. The number of nitrogens with one attached hydrogen (secondary N) is 1. The zero-order chi connectivity index (χ0) is 23.5. The van der Waals surface area contributed by atoms with Gasteiger partial charge in [-0.05, 0) is 55.7 Å². The first-order valence-corrected chi connectivity index (χ1v) is 10.5. The van der Waals surface area contributed by atoms with Crippen LogP contribution >= 0.6 is 0 Å². The number of nitrogens with zero attached hydrogens (tertiary/aromatic N) is 4. The normalized spacial score (nSPS) is 10.8. The van der Waals surface area contributed by atoms with Gasteiger partial charge in [-0.1, -0.05) is 24.3 Å². The Balaban J connectivity index is 1.59. The number of carbonyl (C=O) groups is 2. The summed E-state index contributed by atoms with van der Waals surface area (Å²) in [5.41, 5.74) is 6.29. The fourth-order valence-corrected chi connectivity index (χ4v) is 3.52. The lowest BCUT2D eigenvalue weighted by Gasteiger charge is -2.09. The Kier molecular flexibility index (Phi) is 6.08. The minimum Gasteiger partial charge on any atom is -0.452 e. The van der Waals surface area contributed by atoms with E-state index in [-0.39, 0.29) is 5.56 Å². The highest BCUT2D eigenvalue weighted by Gasteiger charge is 2.17. The number of rotatable bonds is 6. The zero-order valence-electron chi connectivity index (χ0n) is 19.0. The van der Waals surface area contributed by atoms with E-state index in [0.717, 1.165) is 28.1 Å². The quantitative estimate of drug-likeness (QED) is 0.455. The second-order valence-corrected chi connectivity index (χ2v) is 7.94. The first-order chi connectivity index (χ1) is 15.8. The van der Waals surface area contributed by atoms with Crippen molar-refractivity contribution in [2.75, 3.05) is 11.9 Å². The third kappa shape index (κ3) is 4.85. The minimum absolute atomic E-state index is 0.284. The van der Waals surface area contributed by atoms with E-state index in [1.807, 2.05) is 43.3 Å². The second-order valence-electron chi connectivity index (χ2n) is 7.94. The van der Waals surface area contributed by atoms with Gasteiger partial charge in [0.25, 0.3) is 5.91 Å². The van der Waals surface area contributed by atoms with Crippen molar-refractivity contribution >= 4 is 17.7 Å². The molecule has 168 valence electrons. The lowest BCUT2D eigenvalue weighted by atomic mass is 9.99. The first-order valence-electron chi connectivity index (χ1n) is 10.5. The highest BCUT2D eigenvalue weighted by Crippen LogP contribution is 2.29. The van der Waals surface area contributed by atoms with Crippen molar-refractivity contribution in [3.63, 3.8) is 0 Å². The summed E-state index contributed by atoms with van der Waals surface area (Å²) in [6.07, 6.45) is 2.92. The molecule has 1 N–H and O–H groups in total. The number of aryl methyl sites for hydroxylation is 4. The van der Waals surface area contributed by atoms with Crippen LogP contribution in [0.1, 0.15) is 27.0 Å². The molecule has 1 amide bonds. The molecule has 0 unspecified atom stereocenters. The summed E-state index contributed by atoms with van der Waals surface area (Å²) in [4.78, 5) is 24.7. The average Bonchev–Trinajstić information content (AvgIpc) is 3.41.